The number of fused-ring (bicyclic) bond motifs is 5. The van der Waals surface area contributed by atoms with Crippen molar-refractivity contribution in [1.82, 2.24) is 9.80 Å². The van der Waals surface area contributed by atoms with E-state index in [0.717, 1.165) is 92.3 Å². The molecule has 10 nitrogen and oxygen atoms in total. The van der Waals surface area contributed by atoms with E-state index in [2.05, 4.69) is 84.0 Å². The summed E-state index contributed by atoms with van der Waals surface area (Å²) in [5.74, 6) is 1.03. The first-order chi connectivity index (χ1) is 26.1. The maximum Gasteiger partial charge on any atom is 0.310 e. The van der Waals surface area contributed by atoms with Crippen molar-refractivity contribution in [3.8, 4) is 22.6 Å². The first kappa shape index (κ1) is 34.5. The molecule has 2 aromatic rings. The van der Waals surface area contributed by atoms with Gasteiger partial charge in [-0.2, -0.15) is 0 Å². The summed E-state index contributed by atoms with van der Waals surface area (Å²) in [5, 5.41) is 0. The number of esters is 2. The molecule has 9 aliphatic rings. The summed E-state index contributed by atoms with van der Waals surface area (Å²) in [7, 11) is 11.0. The number of benzene rings is 2. The molecular formula is C44H54N4O6. The zero-order chi connectivity index (χ0) is 37.6. The number of methoxy groups -OCH3 is 4. The van der Waals surface area contributed by atoms with E-state index in [1.807, 2.05) is 0 Å². The lowest BCUT2D eigenvalue weighted by Gasteiger charge is -2.63. The molecule has 2 saturated carbocycles. The standard InChI is InChI=1S/C44H54N4O6/c1-9-24-22-47-15-13-42-30-17-28(36(52-6)21-32(30)45(3)39(42)34(47)18-27(24)37(42)40(49)53-7)29-19-33-31(20-35(29)51-5)43-14-16-48-23-25(10-2)26(38(43)41(50)54-8)11-12-44(43,48)46(33)4/h9-10,17,19-21,26-27,34,37-39H,11-16,18,22-23H2,1-8H3/b24-9-,25-10+/t26-,27-,34?,37+,38-,39-,42-,43-,44?/m0/s1. The quantitative estimate of drug-likeness (QED) is 0.290. The number of allylic oxidation sites excluding steroid dienone is 2. The van der Waals surface area contributed by atoms with E-state index < -0.39 is 10.8 Å². The third-order valence-corrected chi connectivity index (χ3v) is 16.4. The Balaban J connectivity index is 1.19. The minimum atomic E-state index is -0.438. The topological polar surface area (TPSA) is 84.0 Å². The van der Waals surface area contributed by atoms with Crippen LogP contribution in [0.4, 0.5) is 11.4 Å². The van der Waals surface area contributed by atoms with Gasteiger partial charge in [-0.05, 0) is 93.7 Å². The number of hydrogen-bond acceptors (Lipinski definition) is 10. The molecule has 2 aromatic carbocycles. The van der Waals surface area contributed by atoms with Crippen molar-refractivity contribution in [3.63, 3.8) is 0 Å². The van der Waals surface area contributed by atoms with E-state index in [4.69, 9.17) is 18.9 Å². The number of piperidine rings is 2. The fourth-order valence-corrected chi connectivity index (χ4v) is 14.5. The number of hydrogen-bond donors (Lipinski definition) is 0. The van der Waals surface area contributed by atoms with Crippen LogP contribution in [0.25, 0.3) is 11.1 Å². The summed E-state index contributed by atoms with van der Waals surface area (Å²) in [4.78, 5) is 38.5. The van der Waals surface area contributed by atoms with Crippen LogP contribution in [0.5, 0.6) is 11.5 Å². The lowest BCUT2D eigenvalue weighted by molar-refractivity contribution is -0.158. The van der Waals surface area contributed by atoms with Crippen molar-refractivity contribution in [1.29, 1.82) is 0 Å². The van der Waals surface area contributed by atoms with Gasteiger partial charge in [0, 0.05) is 79.2 Å². The van der Waals surface area contributed by atoms with Crippen molar-refractivity contribution >= 4 is 23.3 Å². The molecule has 11 rings (SSSR count). The second-order valence-corrected chi connectivity index (χ2v) is 17.3. The Morgan fingerprint density at radius 3 is 2.15 bits per heavy atom. The fraction of sp³-hybridized carbons (Fsp3) is 0.591. The molecule has 0 radical (unpaired) electrons. The molecule has 286 valence electrons. The third-order valence-electron chi connectivity index (χ3n) is 16.4. The fourth-order valence-electron chi connectivity index (χ4n) is 14.5. The van der Waals surface area contributed by atoms with Gasteiger partial charge in [-0.15, -0.1) is 0 Å². The molecule has 7 heterocycles. The zero-order valence-electron chi connectivity index (χ0n) is 33.0. The molecule has 7 fully saturated rings. The summed E-state index contributed by atoms with van der Waals surface area (Å²) in [6.07, 6.45) is 9.15. The monoisotopic (exact) mass is 734 g/mol. The van der Waals surface area contributed by atoms with Gasteiger partial charge in [0.2, 0.25) is 0 Å². The molecule has 0 amide bonds. The summed E-state index contributed by atoms with van der Waals surface area (Å²) in [6.45, 7) is 7.89. The molecule has 1 spiro atoms. The molecule has 54 heavy (non-hydrogen) atoms. The molecular weight excluding hydrogens is 681 g/mol. The van der Waals surface area contributed by atoms with Crippen molar-refractivity contribution < 1.29 is 28.5 Å². The van der Waals surface area contributed by atoms with Gasteiger partial charge in [0.1, 0.15) is 17.2 Å². The van der Waals surface area contributed by atoms with Crippen LogP contribution in [0, 0.1) is 23.7 Å². The Kier molecular flexibility index (Phi) is 7.35. The average Bonchev–Trinajstić information content (AvgIpc) is 3.66. The van der Waals surface area contributed by atoms with Crippen LogP contribution in [0.2, 0.25) is 0 Å². The highest BCUT2D eigenvalue weighted by atomic mass is 16.5. The number of anilines is 2. The lowest BCUT2D eigenvalue weighted by atomic mass is 9.50. The maximum absolute atomic E-state index is 14.1. The Morgan fingerprint density at radius 1 is 0.759 bits per heavy atom. The highest BCUT2D eigenvalue weighted by molar-refractivity contribution is 5.89. The number of likely N-dealkylation sites (N-methyl/N-ethyl adjacent to an activating group) is 2. The number of ether oxygens (including phenoxy) is 4. The summed E-state index contributed by atoms with van der Waals surface area (Å²) >= 11 is 0. The van der Waals surface area contributed by atoms with E-state index in [9.17, 15) is 9.59 Å². The molecule has 7 aliphatic heterocycles. The summed E-state index contributed by atoms with van der Waals surface area (Å²) in [5.41, 5.74) is 8.08. The van der Waals surface area contributed by atoms with Gasteiger partial charge in [0.15, 0.2) is 0 Å². The number of carbonyl (C=O) groups excluding carboxylic acids is 2. The molecule has 5 saturated heterocycles. The predicted molar refractivity (Wildman–Crippen MR) is 207 cm³/mol. The minimum absolute atomic E-state index is 0.105. The minimum Gasteiger partial charge on any atom is -0.496 e. The highest BCUT2D eigenvalue weighted by Gasteiger charge is 2.76. The van der Waals surface area contributed by atoms with Gasteiger partial charge in [0.25, 0.3) is 0 Å². The molecule has 0 N–H and O–H groups in total. The van der Waals surface area contributed by atoms with Gasteiger partial charge >= 0.3 is 11.9 Å². The van der Waals surface area contributed by atoms with Crippen molar-refractivity contribution in [2.75, 3.05) is 78.5 Å². The zero-order valence-corrected chi connectivity index (χ0v) is 33.0. The Morgan fingerprint density at radius 2 is 1.44 bits per heavy atom. The second kappa shape index (κ2) is 11.5. The largest absolute Gasteiger partial charge is 0.496 e. The highest BCUT2D eigenvalue weighted by Crippen LogP contribution is 2.71. The number of nitrogens with zero attached hydrogens (tertiary/aromatic N) is 4. The van der Waals surface area contributed by atoms with E-state index in [1.54, 1.807) is 28.4 Å². The third kappa shape index (κ3) is 3.71. The first-order valence-electron chi connectivity index (χ1n) is 20.0. The van der Waals surface area contributed by atoms with Gasteiger partial charge < -0.3 is 28.7 Å². The second-order valence-electron chi connectivity index (χ2n) is 17.3. The number of rotatable bonds is 5. The molecule has 0 aromatic heterocycles. The summed E-state index contributed by atoms with van der Waals surface area (Å²) in [6, 6.07) is 9.57. The van der Waals surface area contributed by atoms with Crippen LogP contribution >= 0.6 is 0 Å². The van der Waals surface area contributed by atoms with E-state index in [-0.39, 0.29) is 47.3 Å². The smallest absolute Gasteiger partial charge is 0.310 e. The van der Waals surface area contributed by atoms with Gasteiger partial charge in [-0.1, -0.05) is 23.3 Å². The SMILES string of the molecule is C/C=C1\CN2CC[C@@]34c5cc(OC)c(-c6cc7c(cc6OC)N(C)[C@H]6C8C[C@H]9/C(=C\C)CN8CC[C@@]76[C@H]9C(=O)OC)cc5N(C)C23CC[C@@H]1[C@H]4C(=O)OC. The van der Waals surface area contributed by atoms with Crippen LogP contribution in [-0.2, 0) is 29.9 Å². The lowest BCUT2D eigenvalue weighted by Crippen LogP contribution is -2.72. The van der Waals surface area contributed by atoms with Crippen LogP contribution in [0.15, 0.2) is 47.6 Å². The van der Waals surface area contributed by atoms with Gasteiger partial charge in [-0.25, -0.2) is 0 Å². The van der Waals surface area contributed by atoms with Crippen LogP contribution in [0.3, 0.4) is 0 Å². The molecule has 10 atom stereocenters. The van der Waals surface area contributed by atoms with Crippen LogP contribution in [0.1, 0.15) is 57.1 Å². The predicted octanol–water partition coefficient (Wildman–Crippen LogP) is 5.52. The normalized spacial score (nSPS) is 39.3. The van der Waals surface area contributed by atoms with Crippen molar-refractivity contribution in [2.45, 2.75) is 74.5 Å². The maximum atomic E-state index is 14.1. The van der Waals surface area contributed by atoms with Gasteiger partial charge in [0.05, 0.1) is 46.3 Å². The van der Waals surface area contributed by atoms with Crippen LogP contribution < -0.4 is 19.3 Å². The number of carbonyl (C=O) groups is 2. The summed E-state index contributed by atoms with van der Waals surface area (Å²) < 4.78 is 24.0. The molecule has 7 bridgehead atoms. The Labute approximate surface area is 319 Å². The van der Waals surface area contributed by atoms with Gasteiger partial charge in [-0.3, -0.25) is 19.4 Å². The Hall–Kier alpha value is -4.02. The van der Waals surface area contributed by atoms with E-state index in [0.29, 0.717) is 6.04 Å². The first-order valence-corrected chi connectivity index (χ1v) is 20.0. The molecule has 3 unspecified atom stereocenters. The molecule has 2 aliphatic carbocycles. The van der Waals surface area contributed by atoms with Crippen molar-refractivity contribution in [2.24, 2.45) is 23.7 Å². The van der Waals surface area contributed by atoms with E-state index >= 15 is 0 Å². The van der Waals surface area contributed by atoms with Crippen molar-refractivity contribution in [3.05, 3.63) is 58.7 Å². The molecule has 10 heteroatoms. The van der Waals surface area contributed by atoms with Crippen LogP contribution in [-0.4, -0.2) is 108 Å². The van der Waals surface area contributed by atoms with E-state index in [1.165, 1.54) is 22.3 Å². The average molecular weight is 735 g/mol. The Bertz CT molecular complexity index is 2060.